The molecule has 0 unspecified atom stereocenters. The number of benzene rings is 2. The van der Waals surface area contributed by atoms with Crippen molar-refractivity contribution < 1.29 is 0 Å². The van der Waals surface area contributed by atoms with E-state index in [1.807, 2.05) is 24.4 Å². The summed E-state index contributed by atoms with van der Waals surface area (Å²) in [5.41, 5.74) is 15.8. The first kappa shape index (κ1) is 31.3. The van der Waals surface area contributed by atoms with E-state index >= 15 is 0 Å². The molecule has 5 heterocycles. The third-order valence-electron chi connectivity index (χ3n) is 7.85. The molecule has 2 aromatic carbocycles. The van der Waals surface area contributed by atoms with Crippen molar-refractivity contribution in [3.8, 4) is 39.6 Å². The third-order valence-corrected chi connectivity index (χ3v) is 7.85. The van der Waals surface area contributed by atoms with Crippen LogP contribution in [0.2, 0.25) is 0 Å². The van der Waals surface area contributed by atoms with Gasteiger partial charge in [-0.1, -0.05) is 36.4 Å². The molecule has 0 saturated heterocycles. The number of pyridine rings is 2. The summed E-state index contributed by atoms with van der Waals surface area (Å²) in [6, 6.07) is 23.0. The summed E-state index contributed by atoms with van der Waals surface area (Å²) >= 11 is 0. The van der Waals surface area contributed by atoms with Crippen LogP contribution in [0.5, 0.6) is 0 Å². The van der Waals surface area contributed by atoms with Gasteiger partial charge in [0, 0.05) is 34.6 Å². The molecule has 1 aliphatic heterocycles. The molecule has 4 N–H and O–H groups in total. The summed E-state index contributed by atoms with van der Waals surface area (Å²) < 4.78 is 2.21. The predicted molar refractivity (Wildman–Crippen MR) is 177 cm³/mol. The van der Waals surface area contributed by atoms with E-state index in [4.69, 9.17) is 15.7 Å². The van der Waals surface area contributed by atoms with Gasteiger partial charge in [-0.05, 0) is 55.2 Å². The Labute approximate surface area is 267 Å². The van der Waals surface area contributed by atoms with Gasteiger partial charge in [0.25, 0.3) is 0 Å². The monoisotopic (exact) mass is 640 g/mol. The fraction of sp³-hybridized carbons (Fsp3) is 0.133. The van der Waals surface area contributed by atoms with Gasteiger partial charge in [0.05, 0.1) is 34.6 Å². The van der Waals surface area contributed by atoms with Crippen molar-refractivity contribution in [2.24, 2.45) is 5.73 Å². The van der Waals surface area contributed by atoms with Crippen molar-refractivity contribution in [2.45, 2.75) is 24.8 Å². The smallest absolute Gasteiger partial charge is 0.177 e. The lowest BCUT2D eigenvalue weighted by Crippen LogP contribution is -2.43. The zero-order valence-electron chi connectivity index (χ0n) is 22.2. The molecule has 0 amide bonds. The Morgan fingerprint density at radius 1 is 0.833 bits per heavy atom. The largest absolute Gasteiger partial charge is 0.343 e. The van der Waals surface area contributed by atoms with E-state index in [1.54, 1.807) is 12.5 Å². The summed E-state index contributed by atoms with van der Waals surface area (Å²) in [6.07, 6.45) is 8.55. The van der Waals surface area contributed by atoms with Gasteiger partial charge in [0.1, 0.15) is 5.82 Å². The van der Waals surface area contributed by atoms with Crippen LogP contribution in [-0.2, 0) is 5.54 Å². The molecule has 2 aliphatic rings. The van der Waals surface area contributed by atoms with E-state index in [9.17, 15) is 0 Å². The lowest BCUT2D eigenvalue weighted by molar-refractivity contribution is 0.253. The zero-order valence-corrected chi connectivity index (χ0v) is 25.4. The number of H-pyrrole nitrogens is 1. The molecule has 216 valence electrons. The fourth-order valence-electron chi connectivity index (χ4n) is 5.66. The molecule has 1 aliphatic carbocycles. The second-order valence-electron chi connectivity index (χ2n) is 10.1. The molecule has 0 atom stereocenters. The van der Waals surface area contributed by atoms with Gasteiger partial charge in [-0.3, -0.25) is 4.57 Å². The number of anilines is 2. The maximum atomic E-state index is 6.65. The molecular formula is C30H28Cl4N8. The SMILES string of the molecule is Cl.Cl.Cl.Cl.NC1(c2ccc(-c3c(-c4cnc5nc[nH]c5c4)nc4n3-c3cccnc3Nc3ccccc3-4)cc2)CCC1. The van der Waals surface area contributed by atoms with Gasteiger partial charge in [0.2, 0.25) is 0 Å². The van der Waals surface area contributed by atoms with Gasteiger partial charge in [0.15, 0.2) is 11.5 Å². The van der Waals surface area contributed by atoms with Crippen LogP contribution in [-0.4, -0.2) is 29.5 Å². The topological polar surface area (TPSA) is 110 Å². The summed E-state index contributed by atoms with van der Waals surface area (Å²) in [6.45, 7) is 0. The van der Waals surface area contributed by atoms with Crippen molar-refractivity contribution in [3.63, 3.8) is 0 Å². The number of halogens is 4. The van der Waals surface area contributed by atoms with E-state index in [0.717, 1.165) is 69.5 Å². The number of rotatable bonds is 3. The molecule has 1 saturated carbocycles. The Morgan fingerprint density at radius 3 is 2.38 bits per heavy atom. The minimum absolute atomic E-state index is 0. The van der Waals surface area contributed by atoms with Gasteiger partial charge in [-0.25, -0.2) is 19.9 Å². The van der Waals surface area contributed by atoms with Crippen LogP contribution in [0.4, 0.5) is 11.5 Å². The van der Waals surface area contributed by atoms with Crippen molar-refractivity contribution >= 4 is 72.3 Å². The van der Waals surface area contributed by atoms with E-state index < -0.39 is 0 Å². The molecule has 0 radical (unpaired) electrons. The second kappa shape index (κ2) is 11.9. The Bertz CT molecular complexity index is 1860. The predicted octanol–water partition coefficient (Wildman–Crippen LogP) is 7.62. The fourth-order valence-corrected chi connectivity index (χ4v) is 5.66. The average Bonchev–Trinajstić information content (AvgIpc) is 3.54. The highest BCUT2D eigenvalue weighted by Gasteiger charge is 2.34. The highest BCUT2D eigenvalue weighted by Crippen LogP contribution is 2.45. The number of hydrogen-bond acceptors (Lipinski definition) is 6. The van der Waals surface area contributed by atoms with Crippen LogP contribution < -0.4 is 11.1 Å². The number of nitrogens with zero attached hydrogens (tertiary/aromatic N) is 5. The van der Waals surface area contributed by atoms with Crippen LogP contribution in [0, 0.1) is 0 Å². The standard InChI is InChI=1S/C30H24N8.4ClH/c31-30(12-4-13-30)20-10-8-18(9-11-20)26-25(19-15-23-27(33-16-19)35-17-34-23)37-29-21-5-1-2-6-22(21)36-28-24(38(26)29)7-3-14-32-28;;;;/h1-3,5-11,14-17H,4,12-13,31H2,(H,32,36)(H,33,34,35);4*1H. The second-order valence-corrected chi connectivity index (χ2v) is 10.1. The Kier molecular flexibility index (Phi) is 8.87. The quantitative estimate of drug-likeness (QED) is 0.183. The normalized spacial score (nSPS) is 13.6. The number of fused-ring (bicyclic) bond motifs is 6. The molecule has 12 heteroatoms. The first-order chi connectivity index (χ1) is 18.7. The van der Waals surface area contributed by atoms with Crippen LogP contribution in [0.1, 0.15) is 24.8 Å². The third kappa shape index (κ3) is 4.79. The molecule has 1 fully saturated rings. The number of aromatic amines is 1. The molecule has 6 aromatic rings. The van der Waals surface area contributed by atoms with Crippen molar-refractivity contribution in [1.29, 1.82) is 0 Å². The minimum Gasteiger partial charge on any atom is -0.343 e. The molecular weight excluding hydrogens is 614 g/mol. The maximum Gasteiger partial charge on any atom is 0.177 e. The molecule has 8 rings (SSSR count). The van der Waals surface area contributed by atoms with Crippen molar-refractivity contribution in [1.82, 2.24) is 29.5 Å². The first-order valence-electron chi connectivity index (χ1n) is 12.8. The van der Waals surface area contributed by atoms with Crippen LogP contribution in [0.25, 0.3) is 50.8 Å². The number of nitrogens with two attached hydrogens (primary N) is 1. The zero-order chi connectivity index (χ0) is 25.3. The maximum absolute atomic E-state index is 6.65. The number of imidazole rings is 2. The van der Waals surface area contributed by atoms with Gasteiger partial charge in [-0.2, -0.15) is 0 Å². The number of hydrogen-bond donors (Lipinski definition) is 3. The summed E-state index contributed by atoms with van der Waals surface area (Å²) in [4.78, 5) is 22.1. The first-order valence-corrected chi connectivity index (χ1v) is 12.8. The summed E-state index contributed by atoms with van der Waals surface area (Å²) in [7, 11) is 0. The van der Waals surface area contributed by atoms with Crippen molar-refractivity contribution in [3.05, 3.63) is 91.0 Å². The number of nitrogens with one attached hydrogen (secondary N) is 2. The van der Waals surface area contributed by atoms with Crippen LogP contribution in [0.15, 0.2) is 85.5 Å². The van der Waals surface area contributed by atoms with Crippen LogP contribution in [0.3, 0.4) is 0 Å². The summed E-state index contributed by atoms with van der Waals surface area (Å²) in [5.74, 6) is 1.62. The van der Waals surface area contributed by atoms with E-state index in [-0.39, 0.29) is 55.2 Å². The molecule has 4 aromatic heterocycles. The number of para-hydroxylation sites is 1. The lowest BCUT2D eigenvalue weighted by Gasteiger charge is -2.38. The Hall–Kier alpha value is -3.66. The molecule has 0 bridgehead atoms. The summed E-state index contributed by atoms with van der Waals surface area (Å²) in [5, 5.41) is 3.52. The Balaban J connectivity index is 0.00000101. The lowest BCUT2D eigenvalue weighted by atomic mass is 9.72. The Morgan fingerprint density at radius 2 is 1.62 bits per heavy atom. The minimum atomic E-state index is -0.218. The van der Waals surface area contributed by atoms with E-state index in [2.05, 4.69) is 73.4 Å². The van der Waals surface area contributed by atoms with Gasteiger partial charge < -0.3 is 16.0 Å². The van der Waals surface area contributed by atoms with Gasteiger partial charge >= 0.3 is 0 Å². The average molecular weight is 642 g/mol. The van der Waals surface area contributed by atoms with E-state index in [1.165, 1.54) is 12.0 Å². The molecule has 42 heavy (non-hydrogen) atoms. The van der Waals surface area contributed by atoms with Gasteiger partial charge in [-0.15, -0.1) is 49.6 Å². The molecule has 0 spiro atoms. The number of aromatic nitrogens is 6. The highest BCUT2D eigenvalue weighted by atomic mass is 35.5. The molecule has 8 nitrogen and oxygen atoms in total. The highest BCUT2D eigenvalue weighted by molar-refractivity contribution is 5.92. The van der Waals surface area contributed by atoms with Crippen LogP contribution >= 0.6 is 49.6 Å². The van der Waals surface area contributed by atoms with E-state index in [0.29, 0.717) is 5.65 Å². The van der Waals surface area contributed by atoms with Crippen molar-refractivity contribution in [2.75, 3.05) is 5.32 Å².